The van der Waals surface area contributed by atoms with Crippen LogP contribution in [-0.2, 0) is 20.2 Å². The molecule has 1 aromatic carbocycles. The molecule has 4 aliphatic carbocycles. The van der Waals surface area contributed by atoms with E-state index in [0.717, 1.165) is 38.5 Å². The lowest BCUT2D eigenvalue weighted by molar-refractivity contribution is -0.123. The van der Waals surface area contributed by atoms with Crippen LogP contribution in [-0.4, -0.2) is 54.7 Å². The third kappa shape index (κ3) is 3.56. The van der Waals surface area contributed by atoms with Gasteiger partial charge in [-0.1, -0.05) is 50.3 Å². The van der Waals surface area contributed by atoms with Crippen molar-refractivity contribution in [2.24, 2.45) is 22.7 Å². The molecule has 3 atom stereocenters. The first-order valence-electron chi connectivity index (χ1n) is 13.8. The van der Waals surface area contributed by atoms with Gasteiger partial charge >= 0.3 is 0 Å². The highest BCUT2D eigenvalue weighted by molar-refractivity contribution is 7.89. The maximum Gasteiger partial charge on any atom is 0.223 e. The third-order valence-electron chi connectivity index (χ3n) is 11.0. The molecule has 1 heterocycles. The van der Waals surface area contributed by atoms with E-state index >= 15 is 0 Å². The lowest BCUT2D eigenvalue weighted by Crippen LogP contribution is -2.57. The summed E-state index contributed by atoms with van der Waals surface area (Å²) < 4.78 is 29.6. The maximum absolute atomic E-state index is 14.0. The van der Waals surface area contributed by atoms with Gasteiger partial charge in [0, 0.05) is 36.4 Å². The highest BCUT2D eigenvalue weighted by Crippen LogP contribution is 2.71. The van der Waals surface area contributed by atoms with E-state index in [1.54, 1.807) is 4.31 Å². The Morgan fingerprint density at radius 3 is 2.53 bits per heavy atom. The Morgan fingerprint density at radius 1 is 1.11 bits per heavy atom. The van der Waals surface area contributed by atoms with E-state index in [-0.39, 0.29) is 28.4 Å². The van der Waals surface area contributed by atoms with Gasteiger partial charge in [0.1, 0.15) is 0 Å². The topological polar surface area (TPSA) is 86.7 Å². The van der Waals surface area contributed by atoms with Gasteiger partial charge in [-0.2, -0.15) is 0 Å². The molecule has 1 aliphatic heterocycles. The number of carbonyl (C=O) groups excluding carboxylic acids is 1. The third-order valence-corrected chi connectivity index (χ3v) is 13.0. The number of carbonyl (C=O) groups is 1. The van der Waals surface area contributed by atoms with Crippen LogP contribution >= 0.6 is 0 Å². The van der Waals surface area contributed by atoms with Crippen LogP contribution in [0.2, 0.25) is 0 Å². The molecule has 1 spiro atoms. The average Bonchev–Trinajstić information content (AvgIpc) is 3.58. The van der Waals surface area contributed by atoms with Gasteiger partial charge in [-0.15, -0.1) is 0 Å². The number of nitrogens with one attached hydrogen (secondary N) is 1. The number of rotatable bonds is 7. The van der Waals surface area contributed by atoms with Crippen molar-refractivity contribution in [3.05, 3.63) is 41.5 Å². The van der Waals surface area contributed by atoms with Crippen molar-refractivity contribution >= 4 is 22.0 Å². The first-order chi connectivity index (χ1) is 17.0. The second kappa shape index (κ2) is 8.15. The molecule has 1 amide bonds. The lowest BCUT2D eigenvalue weighted by atomic mass is 9.63. The molecule has 196 valence electrons. The number of hydrogen-bond donors (Lipinski definition) is 2. The molecule has 1 saturated heterocycles. The van der Waals surface area contributed by atoms with Crippen LogP contribution in [0.5, 0.6) is 0 Å². The van der Waals surface area contributed by atoms with E-state index in [2.05, 4.69) is 55.6 Å². The molecular formula is C29H40N2O4S. The fourth-order valence-corrected chi connectivity index (χ4v) is 10.7. The Morgan fingerprint density at radius 2 is 1.83 bits per heavy atom. The van der Waals surface area contributed by atoms with Crippen LogP contribution in [0.4, 0.5) is 0 Å². The van der Waals surface area contributed by atoms with Crippen LogP contribution in [0.1, 0.15) is 76.3 Å². The maximum atomic E-state index is 14.0. The summed E-state index contributed by atoms with van der Waals surface area (Å²) in [4.78, 5) is 12.2. The van der Waals surface area contributed by atoms with Crippen LogP contribution < -0.4 is 5.32 Å². The summed E-state index contributed by atoms with van der Waals surface area (Å²) >= 11 is 0. The zero-order valence-electron chi connectivity index (χ0n) is 21.6. The van der Waals surface area contributed by atoms with Crippen LogP contribution in [0.3, 0.4) is 0 Å². The van der Waals surface area contributed by atoms with Crippen molar-refractivity contribution in [1.82, 2.24) is 9.62 Å². The summed E-state index contributed by atoms with van der Waals surface area (Å²) in [7, 11) is -3.56. The van der Waals surface area contributed by atoms with Crippen molar-refractivity contribution < 1.29 is 18.3 Å². The zero-order valence-corrected chi connectivity index (χ0v) is 22.4. The first-order valence-corrected chi connectivity index (χ1v) is 15.4. The summed E-state index contributed by atoms with van der Waals surface area (Å²) in [6, 6.07) is 8.44. The molecule has 5 aliphatic rings. The van der Waals surface area contributed by atoms with Gasteiger partial charge in [-0.25, -0.2) is 12.7 Å². The van der Waals surface area contributed by atoms with Crippen molar-refractivity contribution in [2.75, 3.05) is 25.4 Å². The lowest BCUT2D eigenvalue weighted by Gasteiger charge is -2.49. The van der Waals surface area contributed by atoms with Crippen molar-refractivity contribution in [3.63, 3.8) is 0 Å². The Kier molecular flexibility index (Phi) is 5.57. The SMILES string of the molecule is CC1(C)C2CCC1(CS(=O)(=O)N1CCC3(C=Cc4ccccc43)CC1)C(O)(CCNC(=O)C1CC1)C2. The molecule has 3 saturated carbocycles. The van der Waals surface area contributed by atoms with Crippen molar-refractivity contribution in [1.29, 1.82) is 0 Å². The zero-order chi connectivity index (χ0) is 25.4. The molecule has 0 radical (unpaired) electrons. The number of piperidine rings is 1. The summed E-state index contributed by atoms with van der Waals surface area (Å²) in [5.74, 6) is 0.513. The second-order valence-electron chi connectivity index (χ2n) is 12.8. The average molecular weight is 513 g/mol. The molecule has 3 unspecified atom stereocenters. The number of fused-ring (bicyclic) bond motifs is 4. The van der Waals surface area contributed by atoms with Gasteiger partial charge in [0.2, 0.25) is 15.9 Å². The molecule has 0 aromatic heterocycles. The molecular weight excluding hydrogens is 472 g/mol. The van der Waals surface area contributed by atoms with Crippen molar-refractivity contribution in [3.8, 4) is 0 Å². The number of allylic oxidation sites excluding steroid dienone is 1. The highest BCUT2D eigenvalue weighted by Gasteiger charge is 2.71. The Labute approximate surface area is 215 Å². The smallest absolute Gasteiger partial charge is 0.223 e. The molecule has 6 rings (SSSR count). The number of benzene rings is 1. The van der Waals surface area contributed by atoms with Gasteiger partial charge in [-0.05, 0) is 73.8 Å². The van der Waals surface area contributed by atoms with E-state index in [1.165, 1.54) is 11.1 Å². The number of nitrogens with zero attached hydrogens (tertiary/aromatic N) is 1. The van der Waals surface area contributed by atoms with Crippen molar-refractivity contribution in [2.45, 2.75) is 76.2 Å². The molecule has 36 heavy (non-hydrogen) atoms. The molecule has 2 bridgehead atoms. The minimum Gasteiger partial charge on any atom is -0.389 e. The molecule has 4 fully saturated rings. The molecule has 6 nitrogen and oxygen atoms in total. The highest BCUT2D eigenvalue weighted by atomic mass is 32.2. The van der Waals surface area contributed by atoms with E-state index in [4.69, 9.17) is 0 Å². The van der Waals surface area contributed by atoms with E-state index in [1.807, 2.05) is 0 Å². The van der Waals surface area contributed by atoms with Crippen LogP contribution in [0.25, 0.3) is 6.08 Å². The van der Waals surface area contributed by atoms with Gasteiger partial charge < -0.3 is 10.4 Å². The first kappa shape index (κ1) is 24.6. The Hall–Kier alpha value is -1.70. The van der Waals surface area contributed by atoms with Crippen LogP contribution in [0, 0.1) is 22.7 Å². The van der Waals surface area contributed by atoms with E-state index < -0.39 is 21.0 Å². The van der Waals surface area contributed by atoms with Gasteiger partial charge in [-0.3, -0.25) is 4.79 Å². The minimum absolute atomic E-state index is 0.00397. The predicted molar refractivity (Wildman–Crippen MR) is 141 cm³/mol. The minimum atomic E-state index is -3.56. The summed E-state index contributed by atoms with van der Waals surface area (Å²) in [6.07, 6.45) is 10.7. The molecule has 1 aromatic rings. The fraction of sp³-hybridized carbons (Fsp3) is 0.690. The molecule has 7 heteroatoms. The molecule has 2 N–H and O–H groups in total. The number of amides is 1. The normalized spacial score (nSPS) is 34.2. The number of sulfonamides is 1. The Balaban J connectivity index is 1.19. The second-order valence-corrected chi connectivity index (χ2v) is 14.8. The monoisotopic (exact) mass is 512 g/mol. The standard InChI is InChI=1S/C29H40N2O4S/c1-26(2)23-10-12-28(26,29(33,19-23)13-16-30-25(32)22-7-8-22)20-36(34,35)31-17-14-27(15-18-31)11-9-21-5-3-4-6-24(21)27/h3-6,9,11,22-23,33H,7-8,10,12-20H2,1-2H3,(H,30,32). The quantitative estimate of drug-likeness (QED) is 0.581. The van der Waals surface area contributed by atoms with Gasteiger partial charge in [0.05, 0.1) is 11.4 Å². The van der Waals surface area contributed by atoms with Gasteiger partial charge in [0.25, 0.3) is 0 Å². The van der Waals surface area contributed by atoms with Gasteiger partial charge in [0.15, 0.2) is 0 Å². The largest absolute Gasteiger partial charge is 0.389 e. The Bertz CT molecular complexity index is 1200. The van der Waals surface area contributed by atoms with E-state index in [0.29, 0.717) is 38.4 Å². The predicted octanol–water partition coefficient (Wildman–Crippen LogP) is 3.85. The summed E-state index contributed by atoms with van der Waals surface area (Å²) in [6.45, 7) is 5.75. The summed E-state index contributed by atoms with van der Waals surface area (Å²) in [5, 5.41) is 15.0. The van der Waals surface area contributed by atoms with Crippen LogP contribution in [0.15, 0.2) is 30.3 Å². The summed E-state index contributed by atoms with van der Waals surface area (Å²) in [5.41, 5.74) is 0.470. The number of hydrogen-bond acceptors (Lipinski definition) is 4. The number of aliphatic hydroxyl groups is 1. The fourth-order valence-electron chi connectivity index (χ4n) is 8.34. The van der Waals surface area contributed by atoms with E-state index in [9.17, 15) is 18.3 Å².